The van der Waals surface area contributed by atoms with Gasteiger partial charge in [-0.1, -0.05) is 12.1 Å². The first-order chi connectivity index (χ1) is 10.5. The highest BCUT2D eigenvalue weighted by atomic mass is 32.1. The van der Waals surface area contributed by atoms with Crippen LogP contribution in [0.2, 0.25) is 0 Å². The molecule has 2 amide bonds. The van der Waals surface area contributed by atoms with Crippen LogP contribution in [0.4, 0.5) is 5.69 Å². The molecule has 2 aromatic rings. The maximum atomic E-state index is 11.8. The molecule has 0 fully saturated rings. The molecule has 0 atom stereocenters. The maximum absolute atomic E-state index is 11.8. The van der Waals surface area contributed by atoms with E-state index in [9.17, 15) is 14.4 Å². The number of aryl methyl sites for hydroxylation is 1. The standard InChI is InChI=1S/C15H14N2O4S/c1-9-6-7-12(22-9)15(20)21-8-13(18)17-11-5-3-2-4-10(11)14(16)19/h2-7H,8H2,1H3,(H2,16,19)(H,17,18). The number of hydrogen-bond acceptors (Lipinski definition) is 5. The summed E-state index contributed by atoms with van der Waals surface area (Å²) in [5, 5.41) is 2.49. The number of nitrogens with one attached hydrogen (secondary N) is 1. The van der Waals surface area contributed by atoms with E-state index >= 15 is 0 Å². The van der Waals surface area contributed by atoms with Crippen LogP contribution < -0.4 is 11.1 Å². The number of carbonyl (C=O) groups is 3. The molecular weight excluding hydrogens is 304 g/mol. The van der Waals surface area contributed by atoms with Gasteiger partial charge in [-0.3, -0.25) is 9.59 Å². The highest BCUT2D eigenvalue weighted by molar-refractivity contribution is 7.13. The molecule has 1 aromatic carbocycles. The largest absolute Gasteiger partial charge is 0.451 e. The highest BCUT2D eigenvalue weighted by Gasteiger charge is 2.14. The van der Waals surface area contributed by atoms with Crippen molar-refractivity contribution in [1.82, 2.24) is 0 Å². The zero-order valence-corrected chi connectivity index (χ0v) is 12.6. The van der Waals surface area contributed by atoms with Gasteiger partial charge in [0.25, 0.3) is 11.8 Å². The predicted molar refractivity (Wildman–Crippen MR) is 82.9 cm³/mol. The summed E-state index contributed by atoms with van der Waals surface area (Å²) in [5.74, 6) is -1.76. The normalized spacial score (nSPS) is 10.0. The van der Waals surface area contributed by atoms with Crippen LogP contribution in [-0.2, 0) is 9.53 Å². The molecule has 1 aromatic heterocycles. The van der Waals surface area contributed by atoms with E-state index in [1.54, 1.807) is 30.3 Å². The van der Waals surface area contributed by atoms with Gasteiger partial charge in [0.1, 0.15) is 4.88 Å². The Bertz CT molecular complexity index is 724. The van der Waals surface area contributed by atoms with E-state index in [-0.39, 0.29) is 11.3 Å². The molecule has 7 heteroatoms. The summed E-state index contributed by atoms with van der Waals surface area (Å²) < 4.78 is 4.92. The van der Waals surface area contributed by atoms with E-state index in [1.165, 1.54) is 17.4 Å². The van der Waals surface area contributed by atoms with Gasteiger partial charge in [-0.2, -0.15) is 0 Å². The Morgan fingerprint density at radius 3 is 2.55 bits per heavy atom. The molecule has 0 aliphatic rings. The Balaban J connectivity index is 1.94. The van der Waals surface area contributed by atoms with Gasteiger partial charge >= 0.3 is 5.97 Å². The van der Waals surface area contributed by atoms with Gasteiger partial charge in [0.15, 0.2) is 6.61 Å². The Kier molecular flexibility index (Phi) is 4.90. The fourth-order valence-electron chi connectivity index (χ4n) is 1.74. The van der Waals surface area contributed by atoms with Gasteiger partial charge in [-0.25, -0.2) is 4.79 Å². The number of hydrogen-bond donors (Lipinski definition) is 2. The van der Waals surface area contributed by atoms with Crippen molar-refractivity contribution >= 4 is 34.8 Å². The van der Waals surface area contributed by atoms with Crippen LogP contribution in [0.25, 0.3) is 0 Å². The van der Waals surface area contributed by atoms with E-state index in [2.05, 4.69) is 5.32 Å². The lowest BCUT2D eigenvalue weighted by Crippen LogP contribution is -2.23. The van der Waals surface area contributed by atoms with Crippen LogP contribution in [0.1, 0.15) is 24.9 Å². The third kappa shape index (κ3) is 3.92. The number of primary amides is 1. The lowest BCUT2D eigenvalue weighted by molar-refractivity contribution is -0.119. The number of thiophene rings is 1. The average Bonchev–Trinajstić information content (AvgIpc) is 2.92. The van der Waals surface area contributed by atoms with Crippen LogP contribution in [0, 0.1) is 6.92 Å². The van der Waals surface area contributed by atoms with Crippen molar-refractivity contribution < 1.29 is 19.1 Å². The lowest BCUT2D eigenvalue weighted by atomic mass is 10.1. The first-order valence-corrected chi connectivity index (χ1v) is 7.21. The Labute approximate surface area is 130 Å². The molecule has 0 saturated heterocycles. The van der Waals surface area contributed by atoms with Gasteiger partial charge in [0.2, 0.25) is 0 Å². The summed E-state index contributed by atoms with van der Waals surface area (Å²) in [6.45, 7) is 1.43. The fraction of sp³-hybridized carbons (Fsp3) is 0.133. The van der Waals surface area contributed by atoms with Crippen molar-refractivity contribution in [3.8, 4) is 0 Å². The van der Waals surface area contributed by atoms with Crippen LogP contribution >= 0.6 is 11.3 Å². The molecule has 0 radical (unpaired) electrons. The molecule has 0 aliphatic carbocycles. The molecule has 22 heavy (non-hydrogen) atoms. The number of nitrogens with two attached hydrogens (primary N) is 1. The van der Waals surface area contributed by atoms with Gasteiger partial charge in [-0.15, -0.1) is 11.3 Å². The molecule has 0 saturated carbocycles. The monoisotopic (exact) mass is 318 g/mol. The van der Waals surface area contributed by atoms with Crippen molar-refractivity contribution in [2.45, 2.75) is 6.92 Å². The lowest BCUT2D eigenvalue weighted by Gasteiger charge is -2.08. The Morgan fingerprint density at radius 2 is 1.91 bits per heavy atom. The smallest absolute Gasteiger partial charge is 0.348 e. The molecule has 0 unspecified atom stereocenters. The summed E-state index contributed by atoms with van der Waals surface area (Å²) in [7, 11) is 0. The van der Waals surface area contributed by atoms with E-state index in [4.69, 9.17) is 10.5 Å². The van der Waals surface area contributed by atoms with Crippen molar-refractivity contribution in [1.29, 1.82) is 0 Å². The third-order valence-electron chi connectivity index (χ3n) is 2.74. The van der Waals surface area contributed by atoms with Crippen LogP contribution in [0.15, 0.2) is 36.4 Å². The topological polar surface area (TPSA) is 98.5 Å². The van der Waals surface area contributed by atoms with E-state index in [0.717, 1.165) is 4.88 Å². The molecule has 114 valence electrons. The van der Waals surface area contributed by atoms with Crippen LogP contribution in [0.3, 0.4) is 0 Å². The van der Waals surface area contributed by atoms with Gasteiger partial charge in [0.05, 0.1) is 11.3 Å². The number of rotatable bonds is 5. The summed E-state index contributed by atoms with van der Waals surface area (Å²) in [6.07, 6.45) is 0. The SMILES string of the molecule is Cc1ccc(C(=O)OCC(=O)Nc2ccccc2C(N)=O)s1. The van der Waals surface area contributed by atoms with Gasteiger partial charge in [-0.05, 0) is 31.2 Å². The Hall–Kier alpha value is -2.67. The quantitative estimate of drug-likeness (QED) is 0.823. The van der Waals surface area contributed by atoms with Crippen molar-refractivity contribution in [3.63, 3.8) is 0 Å². The van der Waals surface area contributed by atoms with Gasteiger partial charge in [0, 0.05) is 4.88 Å². The summed E-state index contributed by atoms with van der Waals surface area (Å²) in [4.78, 5) is 36.2. The molecule has 6 nitrogen and oxygen atoms in total. The maximum Gasteiger partial charge on any atom is 0.348 e. The summed E-state index contributed by atoms with van der Waals surface area (Å²) >= 11 is 1.29. The van der Waals surface area contributed by atoms with Gasteiger partial charge < -0.3 is 15.8 Å². The predicted octanol–water partition coefficient (Wildman–Crippen LogP) is 1.95. The number of esters is 1. The van der Waals surface area contributed by atoms with Crippen molar-refractivity contribution in [2.75, 3.05) is 11.9 Å². The number of carbonyl (C=O) groups excluding carboxylic acids is 3. The summed E-state index contributed by atoms with van der Waals surface area (Å²) in [6, 6.07) is 9.77. The van der Waals surface area contributed by atoms with Crippen LogP contribution in [-0.4, -0.2) is 24.4 Å². The molecule has 0 bridgehead atoms. The minimum absolute atomic E-state index is 0.191. The highest BCUT2D eigenvalue weighted by Crippen LogP contribution is 2.16. The fourth-order valence-corrected chi connectivity index (χ4v) is 2.50. The third-order valence-corrected chi connectivity index (χ3v) is 3.72. The Morgan fingerprint density at radius 1 is 1.18 bits per heavy atom. The zero-order valence-electron chi connectivity index (χ0n) is 11.8. The molecule has 1 heterocycles. The minimum atomic E-state index is -0.651. The molecular formula is C15H14N2O4S. The van der Waals surface area contributed by atoms with Crippen molar-refractivity contribution in [3.05, 3.63) is 51.7 Å². The number of para-hydroxylation sites is 1. The number of benzene rings is 1. The molecule has 2 rings (SSSR count). The van der Waals surface area contributed by atoms with E-state index in [0.29, 0.717) is 4.88 Å². The zero-order chi connectivity index (χ0) is 16.1. The first kappa shape index (κ1) is 15.7. The van der Waals surface area contributed by atoms with E-state index in [1.807, 2.05) is 6.92 Å². The number of ether oxygens (including phenoxy) is 1. The van der Waals surface area contributed by atoms with E-state index < -0.39 is 24.4 Å². The first-order valence-electron chi connectivity index (χ1n) is 6.39. The average molecular weight is 318 g/mol. The second-order valence-corrected chi connectivity index (χ2v) is 5.73. The number of anilines is 1. The molecule has 0 aliphatic heterocycles. The second-order valence-electron chi connectivity index (χ2n) is 4.44. The van der Waals surface area contributed by atoms with Crippen LogP contribution in [0.5, 0.6) is 0 Å². The summed E-state index contributed by atoms with van der Waals surface area (Å²) in [5.41, 5.74) is 5.69. The second kappa shape index (κ2) is 6.86. The number of amides is 2. The molecule has 3 N–H and O–H groups in total. The van der Waals surface area contributed by atoms with Crippen molar-refractivity contribution in [2.24, 2.45) is 5.73 Å². The minimum Gasteiger partial charge on any atom is -0.451 e. The molecule has 0 spiro atoms.